The van der Waals surface area contributed by atoms with Crippen molar-refractivity contribution in [3.63, 3.8) is 0 Å². The minimum absolute atomic E-state index is 0.122. The second-order valence-corrected chi connectivity index (χ2v) is 6.52. The lowest BCUT2D eigenvalue weighted by Gasteiger charge is -2.06. The van der Waals surface area contributed by atoms with E-state index >= 15 is 0 Å². The molecule has 4 rings (SSSR count). The molecule has 0 aliphatic carbocycles. The highest BCUT2D eigenvalue weighted by atomic mass is 32.2. The number of anilines is 1. The first-order valence-corrected chi connectivity index (χ1v) is 8.98. The molecule has 1 amide bonds. The van der Waals surface area contributed by atoms with Crippen molar-refractivity contribution in [2.45, 2.75) is 5.03 Å². The molecule has 1 N–H and O–H groups in total. The van der Waals surface area contributed by atoms with Crippen molar-refractivity contribution in [2.75, 3.05) is 17.9 Å². The number of hydrogen-bond donors (Lipinski definition) is 1. The number of amides is 1. The monoisotopic (exact) mass is 365 g/mol. The smallest absolute Gasteiger partial charge is 0.234 e. The standard InChI is InChI=1S/C19H15N3O3S/c23-18(20-14-6-8-16-17(10-14)25-12-24-16)11-26-19-9-7-15(21-22-19)13-4-2-1-3-5-13/h1-10H,11-12H2,(H,20,23). The van der Waals surface area contributed by atoms with E-state index in [1.165, 1.54) is 11.8 Å². The Bertz CT molecular complexity index is 917. The normalized spacial score (nSPS) is 12.0. The molecule has 0 fully saturated rings. The summed E-state index contributed by atoms with van der Waals surface area (Å²) >= 11 is 1.34. The predicted octanol–water partition coefficient (Wildman–Crippen LogP) is 3.60. The van der Waals surface area contributed by atoms with E-state index in [-0.39, 0.29) is 18.5 Å². The topological polar surface area (TPSA) is 73.3 Å². The fraction of sp³-hybridized carbons (Fsp3) is 0.105. The van der Waals surface area contributed by atoms with Gasteiger partial charge < -0.3 is 14.8 Å². The summed E-state index contributed by atoms with van der Waals surface area (Å²) in [5.41, 5.74) is 2.49. The number of nitrogens with one attached hydrogen (secondary N) is 1. The third-order valence-corrected chi connectivity index (χ3v) is 4.64. The number of rotatable bonds is 5. The number of fused-ring (bicyclic) bond motifs is 1. The van der Waals surface area contributed by atoms with Crippen LogP contribution in [0.25, 0.3) is 11.3 Å². The number of benzene rings is 2. The lowest BCUT2D eigenvalue weighted by molar-refractivity contribution is -0.113. The molecule has 2 aromatic carbocycles. The molecular formula is C19H15N3O3S. The molecule has 1 aliphatic heterocycles. The molecule has 0 spiro atoms. The summed E-state index contributed by atoms with van der Waals surface area (Å²) < 4.78 is 10.6. The number of aromatic nitrogens is 2. The molecule has 0 atom stereocenters. The van der Waals surface area contributed by atoms with Gasteiger partial charge in [0.15, 0.2) is 11.5 Å². The summed E-state index contributed by atoms with van der Waals surface area (Å²) in [5.74, 6) is 1.44. The number of carbonyl (C=O) groups is 1. The molecule has 1 aliphatic rings. The molecule has 130 valence electrons. The van der Waals surface area contributed by atoms with Crippen molar-refractivity contribution in [1.29, 1.82) is 0 Å². The van der Waals surface area contributed by atoms with Crippen LogP contribution in [0, 0.1) is 0 Å². The number of thioether (sulfide) groups is 1. The van der Waals surface area contributed by atoms with Crippen molar-refractivity contribution in [3.05, 3.63) is 60.7 Å². The van der Waals surface area contributed by atoms with E-state index in [4.69, 9.17) is 9.47 Å². The van der Waals surface area contributed by atoms with Gasteiger partial charge in [0.1, 0.15) is 5.03 Å². The maximum Gasteiger partial charge on any atom is 0.234 e. The molecule has 6 nitrogen and oxygen atoms in total. The summed E-state index contributed by atoms with van der Waals surface area (Å²) in [6.07, 6.45) is 0. The largest absolute Gasteiger partial charge is 0.454 e. The molecular weight excluding hydrogens is 350 g/mol. The second-order valence-electron chi connectivity index (χ2n) is 5.53. The van der Waals surface area contributed by atoms with Crippen LogP contribution < -0.4 is 14.8 Å². The Labute approximate surface area is 154 Å². The van der Waals surface area contributed by atoms with Crippen LogP contribution in [-0.2, 0) is 4.79 Å². The quantitative estimate of drug-likeness (QED) is 0.697. The first-order chi connectivity index (χ1) is 12.8. The lowest BCUT2D eigenvalue weighted by Crippen LogP contribution is -2.14. The minimum Gasteiger partial charge on any atom is -0.454 e. The summed E-state index contributed by atoms with van der Waals surface area (Å²) in [6.45, 7) is 0.209. The predicted molar refractivity (Wildman–Crippen MR) is 99.4 cm³/mol. The van der Waals surface area contributed by atoms with Gasteiger partial charge in [0.05, 0.1) is 11.4 Å². The molecule has 0 unspecified atom stereocenters. The van der Waals surface area contributed by atoms with Gasteiger partial charge in [-0.15, -0.1) is 10.2 Å². The second kappa shape index (κ2) is 7.45. The number of carbonyl (C=O) groups excluding carboxylic acids is 1. The molecule has 26 heavy (non-hydrogen) atoms. The lowest BCUT2D eigenvalue weighted by atomic mass is 10.1. The van der Waals surface area contributed by atoms with Crippen molar-refractivity contribution in [1.82, 2.24) is 10.2 Å². The summed E-state index contributed by atoms with van der Waals surface area (Å²) in [6, 6.07) is 18.9. The first kappa shape index (κ1) is 16.4. The van der Waals surface area contributed by atoms with Crippen molar-refractivity contribution in [3.8, 4) is 22.8 Å². The minimum atomic E-state index is -0.122. The number of nitrogens with zero attached hydrogens (tertiary/aromatic N) is 2. The van der Waals surface area contributed by atoms with Gasteiger partial charge in [-0.3, -0.25) is 4.79 Å². The maximum atomic E-state index is 12.1. The highest BCUT2D eigenvalue weighted by molar-refractivity contribution is 7.99. The van der Waals surface area contributed by atoms with Gasteiger partial charge in [-0.1, -0.05) is 42.1 Å². The molecule has 1 aromatic heterocycles. The molecule has 0 radical (unpaired) electrons. The van der Waals surface area contributed by atoms with Crippen LogP contribution in [0.2, 0.25) is 0 Å². The Kier molecular flexibility index (Phi) is 4.70. The van der Waals surface area contributed by atoms with Crippen LogP contribution in [-0.4, -0.2) is 28.7 Å². The highest BCUT2D eigenvalue weighted by Crippen LogP contribution is 2.34. The number of hydrogen-bond acceptors (Lipinski definition) is 6. The van der Waals surface area contributed by atoms with E-state index in [0.29, 0.717) is 22.2 Å². The summed E-state index contributed by atoms with van der Waals surface area (Å²) in [4.78, 5) is 12.1. The van der Waals surface area contributed by atoms with E-state index < -0.39 is 0 Å². The Morgan fingerprint density at radius 1 is 1.00 bits per heavy atom. The Hall–Kier alpha value is -3.06. The van der Waals surface area contributed by atoms with E-state index in [2.05, 4.69) is 15.5 Å². The Morgan fingerprint density at radius 3 is 2.65 bits per heavy atom. The van der Waals surface area contributed by atoms with E-state index in [1.807, 2.05) is 42.5 Å². The third-order valence-electron chi connectivity index (χ3n) is 3.72. The zero-order chi connectivity index (χ0) is 17.8. The van der Waals surface area contributed by atoms with Crippen molar-refractivity contribution < 1.29 is 14.3 Å². The van der Waals surface area contributed by atoms with Crippen LogP contribution in [0.1, 0.15) is 0 Å². The van der Waals surface area contributed by atoms with Crippen LogP contribution in [0.5, 0.6) is 11.5 Å². The molecule has 3 aromatic rings. The van der Waals surface area contributed by atoms with Gasteiger partial charge in [0.25, 0.3) is 0 Å². The fourth-order valence-corrected chi connectivity index (χ4v) is 3.08. The molecule has 7 heteroatoms. The molecule has 2 heterocycles. The van der Waals surface area contributed by atoms with Gasteiger partial charge in [0, 0.05) is 17.3 Å². The average molecular weight is 365 g/mol. The summed E-state index contributed by atoms with van der Waals surface area (Å²) in [7, 11) is 0. The van der Waals surface area contributed by atoms with E-state index in [0.717, 1.165) is 11.3 Å². The number of ether oxygens (including phenoxy) is 2. The van der Waals surface area contributed by atoms with Gasteiger partial charge >= 0.3 is 0 Å². The third kappa shape index (κ3) is 3.78. The average Bonchev–Trinajstić information content (AvgIpc) is 3.15. The Morgan fingerprint density at radius 2 is 1.85 bits per heavy atom. The van der Waals surface area contributed by atoms with Crippen LogP contribution in [0.3, 0.4) is 0 Å². The SMILES string of the molecule is O=C(CSc1ccc(-c2ccccc2)nn1)Nc1ccc2c(c1)OCO2. The van der Waals surface area contributed by atoms with Gasteiger partial charge in [-0.05, 0) is 24.3 Å². The Balaban J connectivity index is 1.33. The fourth-order valence-electron chi connectivity index (χ4n) is 2.47. The van der Waals surface area contributed by atoms with Crippen molar-refractivity contribution in [2.24, 2.45) is 0 Å². The van der Waals surface area contributed by atoms with Gasteiger partial charge in [-0.25, -0.2) is 0 Å². The molecule has 0 bridgehead atoms. The van der Waals surface area contributed by atoms with Crippen molar-refractivity contribution >= 4 is 23.4 Å². The summed E-state index contributed by atoms with van der Waals surface area (Å²) in [5, 5.41) is 11.9. The van der Waals surface area contributed by atoms with Crippen LogP contribution >= 0.6 is 11.8 Å². The molecule has 0 saturated carbocycles. The zero-order valence-electron chi connectivity index (χ0n) is 13.7. The zero-order valence-corrected chi connectivity index (χ0v) is 14.5. The highest BCUT2D eigenvalue weighted by Gasteiger charge is 2.14. The van der Waals surface area contributed by atoms with Crippen LogP contribution in [0.15, 0.2) is 65.7 Å². The van der Waals surface area contributed by atoms with Gasteiger partial charge in [-0.2, -0.15) is 0 Å². The van der Waals surface area contributed by atoms with Gasteiger partial charge in [0.2, 0.25) is 12.7 Å². The molecule has 0 saturated heterocycles. The maximum absolute atomic E-state index is 12.1. The van der Waals surface area contributed by atoms with E-state index in [1.54, 1.807) is 18.2 Å². The first-order valence-electron chi connectivity index (χ1n) is 7.99. The van der Waals surface area contributed by atoms with Crippen LogP contribution in [0.4, 0.5) is 5.69 Å². The van der Waals surface area contributed by atoms with E-state index in [9.17, 15) is 4.79 Å².